The summed E-state index contributed by atoms with van der Waals surface area (Å²) >= 11 is 0. The smallest absolute Gasteiger partial charge is 0.274 e. The van der Waals surface area contributed by atoms with Crippen molar-refractivity contribution in [3.05, 3.63) is 77.2 Å². The second-order valence-electron chi connectivity index (χ2n) is 5.64. The Hall–Kier alpha value is -4.23. The molecule has 130 valence electrons. The lowest BCUT2D eigenvalue weighted by atomic mass is 10.2. The monoisotopic (exact) mass is 354 g/mol. The van der Waals surface area contributed by atoms with E-state index in [1.54, 1.807) is 61.5 Å². The Kier molecular flexibility index (Phi) is 5.06. The standard InChI is InChI=1S/C20H14N6O/c1-13-23-18(20(27)26-17-8-4-15(12-22)5-9-17)10-19(24-13)25-16-6-2-14(11-21)3-7-16/h2-10H,1H3,(H,26,27)(H,23,24,25). The number of hydrogen-bond donors (Lipinski definition) is 2. The number of carbonyl (C=O) groups excluding carboxylic acids is 1. The number of nitriles is 2. The maximum Gasteiger partial charge on any atom is 0.274 e. The van der Waals surface area contributed by atoms with Crippen LogP contribution in [0.5, 0.6) is 0 Å². The minimum atomic E-state index is -0.381. The summed E-state index contributed by atoms with van der Waals surface area (Å²) in [6, 6.07) is 19.1. The van der Waals surface area contributed by atoms with Gasteiger partial charge in [0.25, 0.3) is 5.91 Å². The summed E-state index contributed by atoms with van der Waals surface area (Å²) in [6.45, 7) is 1.70. The van der Waals surface area contributed by atoms with Gasteiger partial charge in [-0.1, -0.05) is 0 Å². The van der Waals surface area contributed by atoms with E-state index in [1.807, 2.05) is 6.07 Å². The molecule has 0 saturated carbocycles. The zero-order valence-electron chi connectivity index (χ0n) is 14.4. The topological polar surface area (TPSA) is 114 Å². The molecule has 1 amide bonds. The largest absolute Gasteiger partial charge is 0.340 e. The first-order valence-corrected chi connectivity index (χ1v) is 8.02. The number of rotatable bonds is 4. The van der Waals surface area contributed by atoms with Gasteiger partial charge in [0.1, 0.15) is 17.3 Å². The third kappa shape index (κ3) is 4.44. The van der Waals surface area contributed by atoms with Crippen molar-refractivity contribution < 1.29 is 4.79 Å². The summed E-state index contributed by atoms with van der Waals surface area (Å²) < 4.78 is 0. The summed E-state index contributed by atoms with van der Waals surface area (Å²) in [6.07, 6.45) is 0. The van der Waals surface area contributed by atoms with Crippen molar-refractivity contribution in [1.29, 1.82) is 10.5 Å². The maximum atomic E-state index is 12.5. The van der Waals surface area contributed by atoms with Crippen LogP contribution in [0, 0.1) is 29.6 Å². The van der Waals surface area contributed by atoms with Crippen molar-refractivity contribution in [2.45, 2.75) is 6.92 Å². The summed E-state index contributed by atoms with van der Waals surface area (Å²) in [4.78, 5) is 20.9. The average molecular weight is 354 g/mol. The van der Waals surface area contributed by atoms with Gasteiger partial charge < -0.3 is 10.6 Å². The molecule has 27 heavy (non-hydrogen) atoms. The van der Waals surface area contributed by atoms with Gasteiger partial charge in [0, 0.05) is 17.4 Å². The van der Waals surface area contributed by atoms with Gasteiger partial charge in [-0.05, 0) is 55.5 Å². The highest BCUT2D eigenvalue weighted by Gasteiger charge is 2.11. The molecule has 0 aliphatic carbocycles. The SMILES string of the molecule is Cc1nc(Nc2ccc(C#N)cc2)cc(C(=O)Nc2ccc(C#N)cc2)n1. The number of nitrogens with zero attached hydrogens (tertiary/aromatic N) is 4. The number of anilines is 3. The van der Waals surface area contributed by atoms with E-state index in [-0.39, 0.29) is 11.6 Å². The fraction of sp³-hybridized carbons (Fsp3) is 0.0500. The zero-order chi connectivity index (χ0) is 19.2. The van der Waals surface area contributed by atoms with Crippen molar-refractivity contribution in [2.24, 2.45) is 0 Å². The number of aryl methyl sites for hydroxylation is 1. The molecule has 3 rings (SSSR count). The lowest BCUT2D eigenvalue weighted by Gasteiger charge is -2.09. The highest BCUT2D eigenvalue weighted by atomic mass is 16.1. The normalized spacial score (nSPS) is 9.74. The molecule has 7 heteroatoms. The van der Waals surface area contributed by atoms with Crippen molar-refractivity contribution in [3.8, 4) is 12.1 Å². The molecule has 0 bridgehead atoms. The molecule has 0 aliphatic rings. The molecule has 0 fully saturated rings. The Morgan fingerprint density at radius 3 is 2.00 bits per heavy atom. The van der Waals surface area contributed by atoms with E-state index >= 15 is 0 Å². The molecule has 0 saturated heterocycles. The van der Waals surface area contributed by atoms with Crippen LogP contribution in [0.25, 0.3) is 0 Å². The Bertz CT molecular complexity index is 1060. The first-order chi connectivity index (χ1) is 13.1. The Balaban J connectivity index is 1.78. The number of aromatic nitrogens is 2. The van der Waals surface area contributed by atoms with Crippen LogP contribution in [0.2, 0.25) is 0 Å². The molecular formula is C20H14N6O. The van der Waals surface area contributed by atoms with Gasteiger partial charge >= 0.3 is 0 Å². The van der Waals surface area contributed by atoms with E-state index in [0.29, 0.717) is 28.5 Å². The van der Waals surface area contributed by atoms with Crippen molar-refractivity contribution in [1.82, 2.24) is 9.97 Å². The minimum absolute atomic E-state index is 0.211. The van der Waals surface area contributed by atoms with Crippen LogP contribution in [0.3, 0.4) is 0 Å². The minimum Gasteiger partial charge on any atom is -0.340 e. The highest BCUT2D eigenvalue weighted by Crippen LogP contribution is 2.17. The average Bonchev–Trinajstić information content (AvgIpc) is 2.68. The van der Waals surface area contributed by atoms with E-state index in [0.717, 1.165) is 5.69 Å². The third-order valence-corrected chi connectivity index (χ3v) is 3.63. The van der Waals surface area contributed by atoms with Crippen LogP contribution in [-0.4, -0.2) is 15.9 Å². The zero-order valence-corrected chi connectivity index (χ0v) is 14.4. The second kappa shape index (κ2) is 7.77. The summed E-state index contributed by atoms with van der Waals surface area (Å²) in [7, 11) is 0. The van der Waals surface area contributed by atoms with Gasteiger partial charge in [-0.2, -0.15) is 10.5 Å². The molecule has 2 N–H and O–H groups in total. The molecule has 2 aromatic carbocycles. The Morgan fingerprint density at radius 2 is 1.44 bits per heavy atom. The number of nitrogens with one attached hydrogen (secondary N) is 2. The first kappa shape index (κ1) is 17.6. The van der Waals surface area contributed by atoms with Crippen molar-refractivity contribution in [2.75, 3.05) is 10.6 Å². The summed E-state index contributed by atoms with van der Waals surface area (Å²) in [5.41, 5.74) is 2.59. The molecule has 0 spiro atoms. The van der Waals surface area contributed by atoms with Crippen LogP contribution < -0.4 is 10.6 Å². The maximum absolute atomic E-state index is 12.5. The second-order valence-corrected chi connectivity index (χ2v) is 5.64. The van der Waals surface area contributed by atoms with Gasteiger partial charge in [-0.3, -0.25) is 4.79 Å². The van der Waals surface area contributed by atoms with Gasteiger partial charge in [-0.25, -0.2) is 9.97 Å². The Morgan fingerprint density at radius 1 is 0.889 bits per heavy atom. The quantitative estimate of drug-likeness (QED) is 0.741. The molecule has 1 aromatic heterocycles. The molecule has 1 heterocycles. The van der Waals surface area contributed by atoms with Gasteiger partial charge in [0.2, 0.25) is 0 Å². The molecule has 0 unspecified atom stereocenters. The molecule has 0 radical (unpaired) electrons. The van der Waals surface area contributed by atoms with Crippen LogP contribution in [0.15, 0.2) is 54.6 Å². The van der Waals surface area contributed by atoms with Gasteiger partial charge in [-0.15, -0.1) is 0 Å². The fourth-order valence-corrected chi connectivity index (χ4v) is 2.35. The molecule has 0 aliphatic heterocycles. The molecule has 3 aromatic rings. The summed E-state index contributed by atoms with van der Waals surface area (Å²) in [5, 5.41) is 23.5. The molecule has 0 atom stereocenters. The lowest BCUT2D eigenvalue weighted by molar-refractivity contribution is 0.102. The predicted octanol–water partition coefficient (Wildman–Crippen LogP) is 3.52. The van der Waals surface area contributed by atoms with E-state index in [9.17, 15) is 4.79 Å². The summed E-state index contributed by atoms with van der Waals surface area (Å²) in [5.74, 6) is 0.531. The molecular weight excluding hydrogens is 340 g/mol. The van der Waals surface area contributed by atoms with Crippen molar-refractivity contribution >= 4 is 23.1 Å². The van der Waals surface area contributed by atoms with Crippen LogP contribution in [-0.2, 0) is 0 Å². The number of amides is 1. The Labute approximate surface area is 155 Å². The fourth-order valence-electron chi connectivity index (χ4n) is 2.35. The van der Waals surface area contributed by atoms with E-state index in [1.165, 1.54) is 0 Å². The van der Waals surface area contributed by atoms with Gasteiger partial charge in [0.15, 0.2) is 0 Å². The van der Waals surface area contributed by atoms with E-state index in [2.05, 4.69) is 26.7 Å². The molecule has 7 nitrogen and oxygen atoms in total. The van der Waals surface area contributed by atoms with Crippen LogP contribution in [0.1, 0.15) is 27.4 Å². The lowest BCUT2D eigenvalue weighted by Crippen LogP contribution is -2.15. The van der Waals surface area contributed by atoms with Crippen LogP contribution in [0.4, 0.5) is 17.2 Å². The first-order valence-electron chi connectivity index (χ1n) is 8.02. The highest BCUT2D eigenvalue weighted by molar-refractivity contribution is 6.03. The number of benzene rings is 2. The van der Waals surface area contributed by atoms with E-state index in [4.69, 9.17) is 10.5 Å². The van der Waals surface area contributed by atoms with E-state index < -0.39 is 0 Å². The van der Waals surface area contributed by atoms with Crippen molar-refractivity contribution in [3.63, 3.8) is 0 Å². The van der Waals surface area contributed by atoms with Gasteiger partial charge in [0.05, 0.1) is 23.3 Å². The third-order valence-electron chi connectivity index (χ3n) is 3.63. The van der Waals surface area contributed by atoms with Crippen LogP contribution >= 0.6 is 0 Å². The number of hydrogen-bond acceptors (Lipinski definition) is 6. The predicted molar refractivity (Wildman–Crippen MR) is 100 cm³/mol. The number of carbonyl (C=O) groups is 1.